The van der Waals surface area contributed by atoms with E-state index in [1.54, 1.807) is 19.1 Å². The maximum Gasteiger partial charge on any atom is 0.418 e. The van der Waals surface area contributed by atoms with Crippen molar-refractivity contribution in [2.24, 2.45) is 0 Å². The van der Waals surface area contributed by atoms with Crippen LogP contribution in [0.1, 0.15) is 11.1 Å². The highest BCUT2D eigenvalue weighted by Crippen LogP contribution is 2.34. The van der Waals surface area contributed by atoms with E-state index in [2.05, 4.69) is 5.32 Å². The first kappa shape index (κ1) is 15.8. The Hall–Kier alpha value is -2.57. The quantitative estimate of drug-likeness (QED) is 0.948. The van der Waals surface area contributed by atoms with E-state index in [0.717, 1.165) is 10.6 Å². The van der Waals surface area contributed by atoms with E-state index < -0.39 is 17.6 Å². The number of carbonyl (C=O) groups excluding carboxylic acids is 1. The van der Waals surface area contributed by atoms with Gasteiger partial charge in [0.15, 0.2) is 0 Å². The number of nitrogens with one attached hydrogen (secondary N) is 1. The first-order chi connectivity index (χ1) is 10.3. The van der Waals surface area contributed by atoms with Crippen LogP contribution in [0.25, 0.3) is 0 Å². The van der Waals surface area contributed by atoms with Gasteiger partial charge in [0.1, 0.15) is 6.54 Å². The first-order valence-electron chi connectivity index (χ1n) is 6.41. The van der Waals surface area contributed by atoms with Crippen molar-refractivity contribution in [3.05, 3.63) is 64.1 Å². The van der Waals surface area contributed by atoms with E-state index >= 15 is 0 Å². The molecule has 0 saturated heterocycles. The molecule has 2 rings (SSSR count). The summed E-state index contributed by atoms with van der Waals surface area (Å²) >= 11 is 0. The summed E-state index contributed by atoms with van der Waals surface area (Å²) in [4.78, 5) is 23.7. The molecular formula is C15H13F3N2O2. The van der Waals surface area contributed by atoms with Gasteiger partial charge in [0.25, 0.3) is 5.56 Å². The van der Waals surface area contributed by atoms with E-state index in [1.165, 1.54) is 24.4 Å². The number of rotatable bonds is 3. The van der Waals surface area contributed by atoms with Crippen LogP contribution in [-0.2, 0) is 17.5 Å². The molecule has 0 aliphatic rings. The number of alkyl halides is 3. The zero-order chi connectivity index (χ0) is 16.3. The van der Waals surface area contributed by atoms with Gasteiger partial charge in [-0.2, -0.15) is 13.2 Å². The van der Waals surface area contributed by atoms with Crippen LogP contribution < -0.4 is 10.9 Å². The average Bonchev–Trinajstić information content (AvgIpc) is 2.43. The van der Waals surface area contributed by atoms with E-state index in [1.807, 2.05) is 0 Å². The third-order valence-electron chi connectivity index (χ3n) is 3.03. The molecule has 2 aromatic rings. The largest absolute Gasteiger partial charge is 0.418 e. The Labute approximate surface area is 124 Å². The molecule has 0 bridgehead atoms. The number of benzene rings is 1. The van der Waals surface area contributed by atoms with E-state index in [0.29, 0.717) is 5.56 Å². The molecule has 22 heavy (non-hydrogen) atoms. The molecule has 0 fully saturated rings. The van der Waals surface area contributed by atoms with Crippen LogP contribution in [0.5, 0.6) is 0 Å². The lowest BCUT2D eigenvalue weighted by molar-refractivity contribution is -0.137. The monoisotopic (exact) mass is 310 g/mol. The fourth-order valence-electron chi connectivity index (χ4n) is 1.97. The lowest BCUT2D eigenvalue weighted by Gasteiger charge is -2.14. The standard InChI is InChI=1S/C15H13F3N2O2/c1-10-5-4-8-20(14(10)22)9-13(21)19-12-7-3-2-6-11(12)15(16,17)18/h2-8H,9H2,1H3,(H,19,21). The minimum atomic E-state index is -4.57. The Balaban J connectivity index is 2.20. The summed E-state index contributed by atoms with van der Waals surface area (Å²) in [7, 11) is 0. The third-order valence-corrected chi connectivity index (χ3v) is 3.03. The van der Waals surface area contributed by atoms with Gasteiger partial charge in [0.2, 0.25) is 5.91 Å². The van der Waals surface area contributed by atoms with Crippen LogP contribution in [0.2, 0.25) is 0 Å². The SMILES string of the molecule is Cc1cccn(CC(=O)Nc2ccccc2C(F)(F)F)c1=O. The van der Waals surface area contributed by atoms with Crippen molar-refractivity contribution in [1.29, 1.82) is 0 Å². The summed E-state index contributed by atoms with van der Waals surface area (Å²) in [6.07, 6.45) is -3.16. The molecule has 0 atom stereocenters. The minimum Gasteiger partial charge on any atom is -0.324 e. The van der Waals surface area contributed by atoms with Crippen LogP contribution in [0.4, 0.5) is 18.9 Å². The summed E-state index contributed by atoms with van der Waals surface area (Å²) in [6.45, 7) is 1.24. The zero-order valence-corrected chi connectivity index (χ0v) is 11.6. The summed E-state index contributed by atoms with van der Waals surface area (Å²) in [5.41, 5.74) is -1.17. The fraction of sp³-hybridized carbons (Fsp3) is 0.200. The summed E-state index contributed by atoms with van der Waals surface area (Å²) in [5, 5.41) is 2.19. The van der Waals surface area contributed by atoms with Crippen LogP contribution in [-0.4, -0.2) is 10.5 Å². The number of pyridine rings is 1. The lowest BCUT2D eigenvalue weighted by Crippen LogP contribution is -2.28. The molecule has 0 unspecified atom stereocenters. The van der Waals surface area contributed by atoms with Gasteiger partial charge >= 0.3 is 6.18 Å². The normalized spacial score (nSPS) is 11.3. The average molecular weight is 310 g/mol. The molecule has 1 aromatic heterocycles. The van der Waals surface area contributed by atoms with Crippen molar-refractivity contribution in [2.45, 2.75) is 19.6 Å². The van der Waals surface area contributed by atoms with Crippen molar-refractivity contribution >= 4 is 11.6 Å². The number of para-hydroxylation sites is 1. The molecule has 0 aliphatic carbocycles. The van der Waals surface area contributed by atoms with Gasteiger partial charge in [-0.3, -0.25) is 9.59 Å². The molecule has 0 radical (unpaired) electrons. The van der Waals surface area contributed by atoms with Crippen molar-refractivity contribution in [3.63, 3.8) is 0 Å². The Morgan fingerprint density at radius 2 is 1.86 bits per heavy atom. The Bertz CT molecular complexity index is 751. The van der Waals surface area contributed by atoms with Crippen LogP contribution in [0.3, 0.4) is 0 Å². The second-order valence-electron chi connectivity index (χ2n) is 4.72. The van der Waals surface area contributed by atoms with Crippen LogP contribution in [0, 0.1) is 6.92 Å². The van der Waals surface area contributed by atoms with Crippen LogP contribution >= 0.6 is 0 Å². The molecule has 4 nitrogen and oxygen atoms in total. The number of carbonyl (C=O) groups is 1. The molecule has 0 aliphatic heterocycles. The van der Waals surface area contributed by atoms with Gasteiger partial charge in [-0.15, -0.1) is 0 Å². The Morgan fingerprint density at radius 1 is 1.18 bits per heavy atom. The van der Waals surface area contributed by atoms with Crippen molar-refractivity contribution in [1.82, 2.24) is 4.57 Å². The maximum atomic E-state index is 12.8. The highest BCUT2D eigenvalue weighted by molar-refractivity contribution is 5.91. The molecule has 0 spiro atoms. The Morgan fingerprint density at radius 3 is 2.55 bits per heavy atom. The number of aryl methyl sites for hydroxylation is 1. The van der Waals surface area contributed by atoms with E-state index in [-0.39, 0.29) is 17.8 Å². The molecule has 116 valence electrons. The first-order valence-corrected chi connectivity index (χ1v) is 6.41. The van der Waals surface area contributed by atoms with Gasteiger partial charge in [-0.25, -0.2) is 0 Å². The molecule has 0 saturated carbocycles. The van der Waals surface area contributed by atoms with Gasteiger partial charge in [0, 0.05) is 11.8 Å². The number of nitrogens with zero attached hydrogens (tertiary/aromatic N) is 1. The predicted octanol–water partition coefficient (Wildman–Crippen LogP) is 2.81. The molecule has 7 heteroatoms. The highest BCUT2D eigenvalue weighted by atomic mass is 19.4. The third kappa shape index (κ3) is 3.55. The number of hydrogen-bond donors (Lipinski definition) is 1. The maximum absolute atomic E-state index is 12.8. The molecular weight excluding hydrogens is 297 g/mol. The number of halogens is 3. The summed E-state index contributed by atoms with van der Waals surface area (Å²) < 4.78 is 39.6. The second kappa shape index (κ2) is 6.05. The van der Waals surface area contributed by atoms with Gasteiger partial charge in [-0.1, -0.05) is 18.2 Å². The van der Waals surface area contributed by atoms with E-state index in [4.69, 9.17) is 0 Å². The molecule has 1 heterocycles. The molecule has 1 N–H and O–H groups in total. The van der Waals surface area contributed by atoms with Gasteiger partial charge in [0.05, 0.1) is 11.3 Å². The van der Waals surface area contributed by atoms with Crippen LogP contribution in [0.15, 0.2) is 47.4 Å². The molecule has 1 amide bonds. The van der Waals surface area contributed by atoms with Crippen molar-refractivity contribution in [3.8, 4) is 0 Å². The second-order valence-corrected chi connectivity index (χ2v) is 4.72. The van der Waals surface area contributed by atoms with E-state index in [9.17, 15) is 22.8 Å². The number of hydrogen-bond acceptors (Lipinski definition) is 2. The number of anilines is 1. The Kier molecular flexibility index (Phi) is 4.35. The summed E-state index contributed by atoms with van der Waals surface area (Å²) in [5.74, 6) is -0.704. The highest BCUT2D eigenvalue weighted by Gasteiger charge is 2.33. The predicted molar refractivity (Wildman–Crippen MR) is 75.5 cm³/mol. The van der Waals surface area contributed by atoms with Crippen molar-refractivity contribution in [2.75, 3.05) is 5.32 Å². The number of amides is 1. The smallest absolute Gasteiger partial charge is 0.324 e. The fourth-order valence-corrected chi connectivity index (χ4v) is 1.97. The van der Waals surface area contributed by atoms with Crippen molar-refractivity contribution < 1.29 is 18.0 Å². The molecule has 1 aromatic carbocycles. The lowest BCUT2D eigenvalue weighted by atomic mass is 10.1. The summed E-state index contributed by atoms with van der Waals surface area (Å²) in [6, 6.07) is 7.87. The number of aromatic nitrogens is 1. The van der Waals surface area contributed by atoms with Gasteiger partial charge in [-0.05, 0) is 25.1 Å². The van der Waals surface area contributed by atoms with Gasteiger partial charge < -0.3 is 9.88 Å². The topological polar surface area (TPSA) is 51.1 Å². The zero-order valence-electron chi connectivity index (χ0n) is 11.6. The minimum absolute atomic E-state index is 0.333.